The first-order valence-corrected chi connectivity index (χ1v) is 10.9. The third-order valence-corrected chi connectivity index (χ3v) is 6.84. The van der Waals surface area contributed by atoms with Crippen molar-refractivity contribution in [2.24, 2.45) is 0 Å². The van der Waals surface area contributed by atoms with Gasteiger partial charge in [0, 0.05) is 16.6 Å². The Morgan fingerprint density at radius 2 is 2.04 bits per heavy atom. The zero-order valence-electron chi connectivity index (χ0n) is 15.0. The molecule has 0 radical (unpaired) electrons. The molecule has 1 aliphatic rings. The number of hydrogen-bond acceptors (Lipinski definition) is 4. The van der Waals surface area contributed by atoms with Gasteiger partial charge in [-0.1, -0.05) is 32.0 Å². The SMILES string of the molecule is CCc1cccc(C)c1NS(=O)(=O)c1ccc2c(c1)NC(=O)CC(C)S2. The molecule has 26 heavy (non-hydrogen) atoms. The van der Waals surface area contributed by atoms with Gasteiger partial charge < -0.3 is 5.32 Å². The van der Waals surface area contributed by atoms with Crippen molar-refractivity contribution in [3.05, 3.63) is 47.5 Å². The van der Waals surface area contributed by atoms with Crippen molar-refractivity contribution >= 4 is 39.1 Å². The molecule has 7 heteroatoms. The van der Waals surface area contributed by atoms with Crippen LogP contribution in [0.15, 0.2) is 46.2 Å². The monoisotopic (exact) mass is 390 g/mol. The number of nitrogens with one attached hydrogen (secondary N) is 2. The highest BCUT2D eigenvalue weighted by molar-refractivity contribution is 8.00. The maximum Gasteiger partial charge on any atom is 0.261 e. The molecule has 0 bridgehead atoms. The number of hydrogen-bond donors (Lipinski definition) is 2. The largest absolute Gasteiger partial charge is 0.325 e. The normalized spacial score (nSPS) is 17.2. The van der Waals surface area contributed by atoms with Gasteiger partial charge in [-0.3, -0.25) is 9.52 Å². The number of aryl methyl sites for hydroxylation is 2. The molecule has 0 saturated carbocycles. The molecule has 2 N–H and O–H groups in total. The van der Waals surface area contributed by atoms with Crippen LogP contribution in [-0.2, 0) is 21.2 Å². The van der Waals surface area contributed by atoms with E-state index in [0.717, 1.165) is 22.4 Å². The Bertz CT molecular complexity index is 955. The molecule has 0 aliphatic carbocycles. The summed E-state index contributed by atoms with van der Waals surface area (Å²) >= 11 is 1.57. The molecule has 5 nitrogen and oxygen atoms in total. The van der Waals surface area contributed by atoms with Crippen LogP contribution in [0.1, 0.15) is 31.4 Å². The van der Waals surface area contributed by atoms with Crippen LogP contribution in [0.2, 0.25) is 0 Å². The van der Waals surface area contributed by atoms with Gasteiger partial charge in [-0.25, -0.2) is 8.42 Å². The lowest BCUT2D eigenvalue weighted by molar-refractivity contribution is -0.116. The Labute approximate surface area is 158 Å². The van der Waals surface area contributed by atoms with Crippen LogP contribution in [0.4, 0.5) is 11.4 Å². The summed E-state index contributed by atoms with van der Waals surface area (Å²) in [5.41, 5.74) is 2.99. The van der Waals surface area contributed by atoms with E-state index in [4.69, 9.17) is 0 Å². The van der Waals surface area contributed by atoms with E-state index in [2.05, 4.69) is 10.0 Å². The minimum Gasteiger partial charge on any atom is -0.325 e. The van der Waals surface area contributed by atoms with Gasteiger partial charge in [-0.2, -0.15) is 0 Å². The van der Waals surface area contributed by atoms with E-state index in [1.807, 2.05) is 39.0 Å². The maximum atomic E-state index is 12.9. The average Bonchev–Trinajstić information content (AvgIpc) is 2.72. The minimum absolute atomic E-state index is 0.0987. The summed E-state index contributed by atoms with van der Waals surface area (Å²) in [6.45, 7) is 5.85. The number of carbonyl (C=O) groups is 1. The van der Waals surface area contributed by atoms with Gasteiger partial charge in [-0.15, -0.1) is 11.8 Å². The first-order valence-electron chi connectivity index (χ1n) is 8.52. The summed E-state index contributed by atoms with van der Waals surface area (Å²) in [6, 6.07) is 10.6. The van der Waals surface area contributed by atoms with Crippen molar-refractivity contribution in [2.75, 3.05) is 10.0 Å². The van der Waals surface area contributed by atoms with E-state index in [-0.39, 0.29) is 16.1 Å². The number of thioether (sulfide) groups is 1. The number of sulfonamides is 1. The number of rotatable bonds is 4. The Balaban J connectivity index is 1.98. The highest BCUT2D eigenvalue weighted by atomic mass is 32.2. The highest BCUT2D eigenvalue weighted by Crippen LogP contribution is 2.36. The Morgan fingerprint density at radius 1 is 1.27 bits per heavy atom. The second-order valence-electron chi connectivity index (χ2n) is 6.41. The topological polar surface area (TPSA) is 75.3 Å². The summed E-state index contributed by atoms with van der Waals surface area (Å²) in [5.74, 6) is -0.0987. The standard InChI is InChI=1S/C19H22N2O3S2/c1-4-14-7-5-6-12(2)19(14)21-26(23,24)15-8-9-17-16(11-15)20-18(22)10-13(3)25-17/h5-9,11,13,21H,4,10H2,1-3H3,(H,20,22). The van der Waals surface area contributed by atoms with Gasteiger partial charge in [0.1, 0.15) is 0 Å². The molecule has 0 saturated heterocycles. The molecule has 2 aromatic carbocycles. The third-order valence-electron chi connectivity index (χ3n) is 4.31. The van der Waals surface area contributed by atoms with Gasteiger partial charge in [0.25, 0.3) is 10.0 Å². The summed E-state index contributed by atoms with van der Waals surface area (Å²) < 4.78 is 28.5. The zero-order valence-corrected chi connectivity index (χ0v) is 16.6. The predicted octanol–water partition coefficient (Wildman–Crippen LogP) is 4.18. The molecular formula is C19H22N2O3S2. The van der Waals surface area contributed by atoms with E-state index >= 15 is 0 Å². The average molecular weight is 391 g/mol. The van der Waals surface area contributed by atoms with Crippen molar-refractivity contribution < 1.29 is 13.2 Å². The molecule has 0 fully saturated rings. The molecule has 1 heterocycles. The number of benzene rings is 2. The number of para-hydroxylation sites is 1. The molecule has 1 unspecified atom stereocenters. The molecule has 1 atom stereocenters. The smallest absolute Gasteiger partial charge is 0.261 e. The minimum atomic E-state index is -3.76. The molecule has 0 spiro atoms. The van der Waals surface area contributed by atoms with Gasteiger partial charge in [0.05, 0.1) is 16.3 Å². The van der Waals surface area contributed by atoms with Crippen LogP contribution in [-0.4, -0.2) is 19.6 Å². The zero-order chi connectivity index (χ0) is 18.9. The molecule has 2 aromatic rings. The summed E-state index contributed by atoms with van der Waals surface area (Å²) in [6.07, 6.45) is 1.14. The Kier molecular flexibility index (Phi) is 5.29. The quantitative estimate of drug-likeness (QED) is 0.821. The maximum absolute atomic E-state index is 12.9. The van der Waals surface area contributed by atoms with Crippen LogP contribution in [0.3, 0.4) is 0 Å². The molecule has 1 aliphatic heterocycles. The first kappa shape index (κ1) is 18.8. The lowest BCUT2D eigenvalue weighted by Crippen LogP contribution is -2.16. The Morgan fingerprint density at radius 3 is 2.77 bits per heavy atom. The number of amides is 1. The van der Waals surface area contributed by atoms with Gasteiger partial charge in [0.15, 0.2) is 0 Å². The predicted molar refractivity (Wildman–Crippen MR) is 106 cm³/mol. The van der Waals surface area contributed by atoms with Gasteiger partial charge in [0.2, 0.25) is 5.91 Å². The van der Waals surface area contributed by atoms with E-state index in [1.165, 1.54) is 6.07 Å². The van der Waals surface area contributed by atoms with E-state index in [1.54, 1.807) is 23.9 Å². The van der Waals surface area contributed by atoms with Crippen molar-refractivity contribution in [1.29, 1.82) is 0 Å². The number of carbonyl (C=O) groups excluding carboxylic acids is 1. The second kappa shape index (κ2) is 7.32. The fourth-order valence-electron chi connectivity index (χ4n) is 2.96. The van der Waals surface area contributed by atoms with Gasteiger partial charge in [-0.05, 0) is 42.7 Å². The van der Waals surface area contributed by atoms with Crippen molar-refractivity contribution in [3.63, 3.8) is 0 Å². The highest BCUT2D eigenvalue weighted by Gasteiger charge is 2.23. The lowest BCUT2D eigenvalue weighted by atomic mass is 10.1. The second-order valence-corrected chi connectivity index (χ2v) is 9.57. The fourth-order valence-corrected chi connectivity index (χ4v) is 5.21. The van der Waals surface area contributed by atoms with E-state index in [0.29, 0.717) is 17.8 Å². The number of fused-ring (bicyclic) bond motifs is 1. The van der Waals surface area contributed by atoms with Crippen LogP contribution < -0.4 is 10.0 Å². The van der Waals surface area contributed by atoms with E-state index < -0.39 is 10.0 Å². The Hall–Kier alpha value is -1.99. The van der Waals surface area contributed by atoms with Crippen LogP contribution in [0.25, 0.3) is 0 Å². The van der Waals surface area contributed by atoms with Crippen LogP contribution in [0.5, 0.6) is 0 Å². The third kappa shape index (κ3) is 3.88. The molecule has 138 valence electrons. The first-order chi connectivity index (χ1) is 12.3. The van der Waals surface area contributed by atoms with Crippen LogP contribution >= 0.6 is 11.8 Å². The molecule has 0 aromatic heterocycles. The lowest BCUT2D eigenvalue weighted by Gasteiger charge is -2.15. The molecule has 3 rings (SSSR count). The van der Waals surface area contributed by atoms with Crippen LogP contribution in [0, 0.1) is 6.92 Å². The van der Waals surface area contributed by atoms with Crippen molar-refractivity contribution in [3.8, 4) is 0 Å². The van der Waals surface area contributed by atoms with Crippen molar-refractivity contribution in [2.45, 2.75) is 48.7 Å². The van der Waals surface area contributed by atoms with Crippen molar-refractivity contribution in [1.82, 2.24) is 0 Å². The van der Waals surface area contributed by atoms with Gasteiger partial charge >= 0.3 is 0 Å². The molecule has 1 amide bonds. The fraction of sp³-hybridized carbons (Fsp3) is 0.316. The summed E-state index contributed by atoms with van der Waals surface area (Å²) in [4.78, 5) is 13.0. The summed E-state index contributed by atoms with van der Waals surface area (Å²) in [5, 5.41) is 2.96. The molecular weight excluding hydrogens is 368 g/mol. The van der Waals surface area contributed by atoms with E-state index in [9.17, 15) is 13.2 Å². The summed E-state index contributed by atoms with van der Waals surface area (Å²) in [7, 11) is -3.76. The number of anilines is 2.